The Labute approximate surface area is 352 Å². The maximum Gasteiger partial charge on any atom is 0.274 e. The molecule has 2 amide bonds. The predicted molar refractivity (Wildman–Crippen MR) is 213 cm³/mol. The summed E-state index contributed by atoms with van der Waals surface area (Å²) in [7, 11) is -11.5. The Morgan fingerprint density at radius 2 is 1.67 bits per heavy atom. The number of fused-ring (bicyclic) bond motifs is 7. The van der Waals surface area contributed by atoms with Crippen molar-refractivity contribution < 1.29 is 66.1 Å². The van der Waals surface area contributed by atoms with Crippen molar-refractivity contribution >= 4 is 44.7 Å². The van der Waals surface area contributed by atoms with E-state index in [1.165, 1.54) is 18.2 Å². The highest BCUT2D eigenvalue weighted by atomic mass is 31.3. The van der Waals surface area contributed by atoms with Gasteiger partial charge in [0, 0.05) is 47.3 Å². The first kappa shape index (κ1) is 44.9. The Morgan fingerprint density at radius 1 is 1.00 bits per heavy atom. The van der Waals surface area contributed by atoms with E-state index in [1.807, 2.05) is 24.3 Å². The lowest BCUT2D eigenvalue weighted by atomic mass is 9.44. The highest BCUT2D eigenvalue weighted by Crippen LogP contribution is 2.71. The monoisotopic (exact) mass is 880 g/mol. The van der Waals surface area contributed by atoms with Gasteiger partial charge in [-0.15, -0.1) is 0 Å². The van der Waals surface area contributed by atoms with E-state index < -0.39 is 93.1 Å². The number of Topliss-reactive ketones (excluding diaryl/α,β-unsaturated/α-hetero) is 1. The molecule has 3 saturated carbocycles. The van der Waals surface area contributed by atoms with Crippen LogP contribution in [0, 0.1) is 40.4 Å². The number of hydrogen-bond acceptors (Lipinski definition) is 13. The normalized spacial score (nSPS) is 33.0. The van der Waals surface area contributed by atoms with Crippen LogP contribution in [0.3, 0.4) is 0 Å². The molecule has 10 atom stereocenters. The van der Waals surface area contributed by atoms with E-state index in [9.17, 15) is 48.3 Å². The van der Waals surface area contributed by atoms with Crippen molar-refractivity contribution in [3.63, 3.8) is 0 Å². The topological polar surface area (TPSA) is 232 Å². The molecule has 5 aliphatic rings. The van der Waals surface area contributed by atoms with E-state index in [1.54, 1.807) is 49.9 Å². The van der Waals surface area contributed by atoms with Gasteiger partial charge in [0.15, 0.2) is 17.2 Å². The summed E-state index contributed by atoms with van der Waals surface area (Å²) in [6.07, 6.45) is 2.37. The third kappa shape index (κ3) is 8.06. The highest BCUT2D eigenvalue weighted by Gasteiger charge is 2.75. The fourth-order valence-corrected chi connectivity index (χ4v) is 12.5. The number of anilines is 1. The summed E-state index contributed by atoms with van der Waals surface area (Å²) >= 11 is 0. The molecule has 18 heteroatoms. The van der Waals surface area contributed by atoms with Crippen LogP contribution in [0.5, 0.6) is 0 Å². The number of phosphoric acid groups is 2. The third-order valence-electron chi connectivity index (χ3n) is 13.6. The molecule has 326 valence electrons. The SMILES string of the molecule is C[C@@H]1C[C@H]2[C@@H]3CCC4=CC(=O)C=C[C@]4(C)[C@@]3(F)[C@@H](O)C[C@]2(C)[C@@]1(O)C(=O)COP(=O)([O-])OP(=O)([O-])OCCNC(=O)CCC(=O)N1Cc2ccccc2C#Cc2ccccc21. The van der Waals surface area contributed by atoms with Crippen LogP contribution < -0.4 is 20.0 Å². The highest BCUT2D eigenvalue weighted by molar-refractivity contribution is 7.59. The molecule has 2 aromatic rings. The molecule has 0 saturated heterocycles. The van der Waals surface area contributed by atoms with Gasteiger partial charge in [-0.1, -0.05) is 67.7 Å². The van der Waals surface area contributed by atoms with Crippen molar-refractivity contribution in [2.45, 2.75) is 83.2 Å². The summed E-state index contributed by atoms with van der Waals surface area (Å²) in [6, 6.07) is 14.5. The van der Waals surface area contributed by atoms with Crippen molar-refractivity contribution in [2.24, 2.45) is 28.6 Å². The number of hydrogen-bond donors (Lipinski definition) is 3. The second-order valence-electron chi connectivity index (χ2n) is 16.9. The molecule has 1 heterocycles. The number of allylic oxidation sites excluding steroid dienone is 4. The molecule has 3 N–H and O–H groups in total. The number of rotatable bonds is 13. The number of carbonyl (C=O) groups is 4. The van der Waals surface area contributed by atoms with Crippen LogP contribution in [0.1, 0.15) is 76.0 Å². The van der Waals surface area contributed by atoms with E-state index >= 15 is 4.39 Å². The van der Waals surface area contributed by atoms with Gasteiger partial charge in [0.1, 0.15) is 12.2 Å². The molecule has 0 spiro atoms. The Bertz CT molecular complexity index is 2380. The number of ketones is 2. The minimum absolute atomic E-state index is 0.152. The number of para-hydroxylation sites is 1. The summed E-state index contributed by atoms with van der Waals surface area (Å²) in [5, 5.41) is 26.0. The number of alkyl halides is 1. The Kier molecular flexibility index (Phi) is 12.2. The molecule has 7 rings (SSSR count). The molecule has 0 bridgehead atoms. The van der Waals surface area contributed by atoms with Gasteiger partial charge in [0.25, 0.3) is 15.6 Å². The lowest BCUT2D eigenvalue weighted by Gasteiger charge is -2.62. The first-order chi connectivity index (χ1) is 28.6. The molecule has 3 fully saturated rings. The molecule has 4 aliphatic carbocycles. The average molecular weight is 881 g/mol. The van der Waals surface area contributed by atoms with Gasteiger partial charge in [-0.3, -0.25) is 28.3 Å². The number of halogens is 1. The molecule has 2 aromatic carbocycles. The second kappa shape index (κ2) is 16.5. The van der Waals surface area contributed by atoms with Crippen LogP contribution in [0.2, 0.25) is 0 Å². The Hall–Kier alpha value is -4.13. The van der Waals surface area contributed by atoms with Gasteiger partial charge >= 0.3 is 0 Å². The quantitative estimate of drug-likeness (QED) is 0.148. The lowest BCUT2D eigenvalue weighted by Crippen LogP contribution is -2.69. The third-order valence-corrected chi connectivity index (χ3v) is 16.2. The number of nitrogens with one attached hydrogen (secondary N) is 1. The molecule has 15 nitrogen and oxygen atoms in total. The minimum Gasteiger partial charge on any atom is -0.756 e. The van der Waals surface area contributed by atoms with Gasteiger partial charge < -0.3 is 39.3 Å². The smallest absolute Gasteiger partial charge is 0.274 e. The van der Waals surface area contributed by atoms with Crippen molar-refractivity contribution in [1.82, 2.24) is 5.32 Å². The lowest BCUT2D eigenvalue weighted by molar-refractivity contribution is -0.244. The van der Waals surface area contributed by atoms with Gasteiger partial charge in [-0.05, 0) is 80.4 Å². The van der Waals surface area contributed by atoms with Crippen LogP contribution in [-0.4, -0.2) is 70.7 Å². The molecular weight excluding hydrogens is 833 g/mol. The number of aliphatic hydroxyl groups excluding tert-OH is 1. The standard InChI is InChI=1S/C43H49FN2O13P2/c1-27-22-34-33-15-14-31-23-32(47)18-19-40(31,2)42(33,44)36(48)24-41(34,3)43(27,52)37(49)26-58-61(55,56)59-60(53,54)57-21-20-45-38(50)16-17-39(51)46-25-30-10-5-4-8-28(30)12-13-29-9-6-7-11-35(29)46/h4-11,18-19,23,27,33-34,36,48,52H,14-17,20-22,24-26H2,1-3H3,(H,45,50)(H,53,54)(H,55,56)/p-2/t27-,33+,34+,36+,40+,41+,42+,43+/m1/s1. The van der Waals surface area contributed by atoms with Crippen LogP contribution in [0.15, 0.2) is 72.3 Å². The van der Waals surface area contributed by atoms with E-state index in [0.29, 0.717) is 23.2 Å². The summed E-state index contributed by atoms with van der Waals surface area (Å²) in [6.45, 7) is 2.45. The van der Waals surface area contributed by atoms with Crippen molar-refractivity contribution in [1.29, 1.82) is 0 Å². The fourth-order valence-electron chi connectivity index (χ4n) is 10.6. The van der Waals surface area contributed by atoms with Crippen molar-refractivity contribution in [3.8, 4) is 11.8 Å². The first-order valence-corrected chi connectivity index (χ1v) is 23.0. The minimum atomic E-state index is -5.82. The largest absolute Gasteiger partial charge is 0.756 e. The van der Waals surface area contributed by atoms with Crippen LogP contribution >= 0.6 is 15.6 Å². The number of aliphatic hydroxyl groups is 2. The Morgan fingerprint density at radius 3 is 2.43 bits per heavy atom. The van der Waals surface area contributed by atoms with Gasteiger partial charge in [0.05, 0.1) is 24.9 Å². The van der Waals surface area contributed by atoms with Gasteiger partial charge in [0.2, 0.25) is 11.8 Å². The van der Waals surface area contributed by atoms with Crippen LogP contribution in [-0.2, 0) is 48.2 Å². The molecule has 0 radical (unpaired) electrons. The van der Waals surface area contributed by atoms with Crippen LogP contribution in [0.4, 0.5) is 10.1 Å². The van der Waals surface area contributed by atoms with Crippen molar-refractivity contribution in [2.75, 3.05) is 24.7 Å². The van der Waals surface area contributed by atoms with Crippen LogP contribution in [0.25, 0.3) is 0 Å². The average Bonchev–Trinajstić information content (AvgIpc) is 3.40. The molecule has 61 heavy (non-hydrogen) atoms. The summed E-state index contributed by atoms with van der Waals surface area (Å²) < 4.78 is 55.9. The molecule has 1 aliphatic heterocycles. The summed E-state index contributed by atoms with van der Waals surface area (Å²) in [5.74, 6) is 1.51. The maximum absolute atomic E-state index is 17.4. The number of benzene rings is 2. The zero-order valence-corrected chi connectivity index (χ0v) is 35.6. The Balaban J connectivity index is 0.897. The summed E-state index contributed by atoms with van der Waals surface area (Å²) in [4.78, 5) is 78.5. The van der Waals surface area contributed by atoms with E-state index in [-0.39, 0.29) is 50.3 Å². The van der Waals surface area contributed by atoms with E-state index in [0.717, 1.165) is 11.1 Å². The zero-order valence-electron chi connectivity index (χ0n) is 33.8. The molecule has 0 aromatic heterocycles. The first-order valence-electron chi connectivity index (χ1n) is 20.1. The fraction of sp³-hybridized carbons (Fsp3) is 0.488. The second-order valence-corrected chi connectivity index (χ2v) is 19.9. The van der Waals surface area contributed by atoms with E-state index in [2.05, 4.69) is 30.5 Å². The number of phosphoric ester groups is 2. The van der Waals surface area contributed by atoms with Crippen molar-refractivity contribution in [3.05, 3.63) is 89.0 Å². The predicted octanol–water partition coefficient (Wildman–Crippen LogP) is 3.73. The molecule has 2 unspecified atom stereocenters. The number of carbonyl (C=O) groups excluding carboxylic acids is 4. The zero-order chi connectivity index (χ0) is 44.2. The molecular formula is C43H47FN2O13P2-2. The summed E-state index contributed by atoms with van der Waals surface area (Å²) in [5.41, 5.74) is -3.91. The van der Waals surface area contributed by atoms with Gasteiger partial charge in [-0.25, -0.2) is 8.70 Å². The number of nitrogens with zero attached hydrogens (tertiary/aromatic N) is 1. The maximum atomic E-state index is 17.4. The number of amides is 2. The van der Waals surface area contributed by atoms with E-state index in [4.69, 9.17) is 0 Å². The van der Waals surface area contributed by atoms with Gasteiger partial charge in [-0.2, -0.15) is 0 Å².